The fraction of sp³-hybridized carbons (Fsp3) is 0. The fourth-order valence-electron chi connectivity index (χ4n) is 0. The van der Waals surface area contributed by atoms with E-state index in [2.05, 4.69) is 0 Å². The second kappa shape index (κ2) is 18.8. The van der Waals surface area contributed by atoms with Crippen LogP contribution in [0.1, 0.15) is 5.71 Å². The Morgan fingerprint density at radius 2 is 0.421 bits per heavy atom. The summed E-state index contributed by atoms with van der Waals surface area (Å²) in [6.45, 7) is 0. The quantitative estimate of drug-likeness (QED) is 0.348. The van der Waals surface area contributed by atoms with Crippen molar-refractivity contribution >= 4 is 0 Å². The molecule has 19 heteroatoms. The van der Waals surface area contributed by atoms with E-state index in [4.69, 9.17) is 55.9 Å². The van der Waals surface area contributed by atoms with Gasteiger partial charge in [0, 0.05) is 0 Å². The Labute approximate surface area is 166 Å². The summed E-state index contributed by atoms with van der Waals surface area (Å²) in [7, 11) is -14.1. The van der Waals surface area contributed by atoms with E-state index in [9.17, 15) is 0 Å². The molecule has 0 aromatic heterocycles. The minimum atomic E-state index is -4.69. The number of hydrogen-bond acceptors (Lipinski definition) is 12. The molecule has 0 aromatic rings. The first kappa shape index (κ1) is 43.1. The Bertz CT molecular complexity index is 115. The molecule has 0 saturated heterocycles. The summed E-state index contributed by atoms with van der Waals surface area (Å²) in [5.41, 5.74) is 0. The fourth-order valence-corrected chi connectivity index (χ4v) is 0. The van der Waals surface area contributed by atoms with Crippen LogP contribution in [0, 0.1) is 30.7 Å². The summed E-state index contributed by atoms with van der Waals surface area (Å²) in [6, 6.07) is 0. The van der Waals surface area contributed by atoms with Crippen LogP contribution >= 0.6 is 0 Å². The van der Waals surface area contributed by atoms with Gasteiger partial charge in [-0.1, -0.05) is 0 Å². The van der Waals surface area contributed by atoms with Gasteiger partial charge in [0.15, 0.2) is 0 Å². The minimum absolute atomic E-state index is 0. The van der Waals surface area contributed by atoms with Crippen molar-refractivity contribution in [3.63, 3.8) is 0 Å². The molecule has 0 aliphatic heterocycles. The van der Waals surface area contributed by atoms with E-state index >= 15 is 0 Å². The van der Waals surface area contributed by atoms with E-state index in [0.717, 1.165) is 0 Å². The first-order chi connectivity index (χ1) is 6.00. The van der Waals surface area contributed by atoms with E-state index < -0.39 is 30.7 Å². The van der Waals surface area contributed by atoms with Crippen molar-refractivity contribution in [3.8, 4) is 0 Å². The average molecular weight is 333 g/mol. The maximum atomic E-state index is 8.60. The molecule has 0 bridgehead atoms. The zero-order valence-corrected chi connectivity index (χ0v) is 12.4. The summed E-state index contributed by atoms with van der Waals surface area (Å²) in [5, 5.41) is 0. The Morgan fingerprint density at radius 1 is 0.421 bits per heavy atom. The molecule has 0 spiro atoms. The molecule has 3 N–H and O–H groups in total. The summed E-state index contributed by atoms with van der Waals surface area (Å²) < 4.78 is 98.2. The smallest absolute Gasteiger partial charge is 1.00 e. The maximum absolute atomic E-state index is 8.60. The normalized spacial score (nSPS) is 9.47. The van der Waals surface area contributed by atoms with Gasteiger partial charge in [0.25, 0.3) is 0 Å². The van der Waals surface area contributed by atoms with Gasteiger partial charge in [-0.2, -0.15) is 41.9 Å². The molecule has 12 nitrogen and oxygen atoms in total. The first-order valence-corrected chi connectivity index (χ1v) is 5.69. The molecule has 0 radical (unpaired) electrons. The Morgan fingerprint density at radius 3 is 0.421 bits per heavy atom. The Balaban J connectivity index is -0.00000000889. The molecule has 104 valence electrons. The summed E-state index contributed by atoms with van der Waals surface area (Å²) in [4.78, 5) is 0. The van der Waals surface area contributed by atoms with Gasteiger partial charge < -0.3 is 5.71 Å². The number of halogens is 3. The van der Waals surface area contributed by atoms with Crippen LogP contribution in [0.4, 0.5) is 0 Å². The monoisotopic (exact) mass is 332 g/mol. The van der Waals surface area contributed by atoms with E-state index in [-0.39, 0.29) is 81.1 Å². The van der Waals surface area contributed by atoms with Crippen LogP contribution in [-0.4, -0.2) is 14.0 Å². The molecular weight excluding hydrogens is 326 g/mol. The van der Waals surface area contributed by atoms with E-state index in [1.165, 1.54) is 0 Å². The zero-order valence-electron chi connectivity index (χ0n) is 14.1. The van der Waals surface area contributed by atoms with Gasteiger partial charge in [-0.3, -0.25) is 0 Å². The molecule has 19 heavy (non-hydrogen) atoms. The molecule has 0 fully saturated rings. The van der Waals surface area contributed by atoms with E-state index in [1.54, 1.807) is 0 Å². The Hall–Kier alpha value is 2.78. The SMILES string of the molecule is [H-].[H-].[H-].[H-].[Li+].[Li+].[Li+].[Li+].[O-][Cl+3]([O-])([O-])O.[O-][Cl+3]([O-])([O-])O.[O-][Cl+3]([O-])([O-])O. The van der Waals surface area contributed by atoms with Crippen molar-refractivity contribution in [2.24, 2.45) is 0 Å². The molecular formula is H7Cl3Li4O12. The van der Waals surface area contributed by atoms with E-state index in [0.29, 0.717) is 0 Å². The maximum Gasteiger partial charge on any atom is 1.00 e. The second-order valence-electron chi connectivity index (χ2n) is 1.19. The van der Waals surface area contributed by atoms with Crippen LogP contribution in [0.2, 0.25) is 0 Å². The third kappa shape index (κ3) is 949. The summed E-state index contributed by atoms with van der Waals surface area (Å²) in [6.07, 6.45) is 0. The van der Waals surface area contributed by atoms with Crippen LogP contribution in [0.5, 0.6) is 0 Å². The summed E-state index contributed by atoms with van der Waals surface area (Å²) in [5.74, 6) is 0. The van der Waals surface area contributed by atoms with Crippen molar-refractivity contribution in [1.29, 1.82) is 0 Å². The van der Waals surface area contributed by atoms with Gasteiger partial charge in [0.05, 0.1) is 44.7 Å². The van der Waals surface area contributed by atoms with Crippen LogP contribution in [0.3, 0.4) is 0 Å². The minimum Gasteiger partial charge on any atom is -1.00 e. The third-order valence-electron chi connectivity index (χ3n) is 0. The van der Waals surface area contributed by atoms with Crippen LogP contribution < -0.4 is 117 Å². The van der Waals surface area contributed by atoms with Gasteiger partial charge in [-0.05, 0) is 0 Å². The van der Waals surface area contributed by atoms with Crippen molar-refractivity contribution in [1.82, 2.24) is 0 Å². The van der Waals surface area contributed by atoms with Gasteiger partial charge in [0.2, 0.25) is 0 Å². The largest absolute Gasteiger partial charge is 1.00 e. The molecule has 0 atom stereocenters. The van der Waals surface area contributed by atoms with Crippen molar-refractivity contribution in [2.75, 3.05) is 0 Å². The number of hydrogen-bond donors (Lipinski definition) is 3. The van der Waals surface area contributed by atoms with Crippen molar-refractivity contribution in [2.45, 2.75) is 0 Å². The second-order valence-corrected chi connectivity index (χ2v) is 3.56. The molecule has 0 amide bonds. The topological polar surface area (TPSA) is 268 Å². The molecule has 0 heterocycles. The van der Waals surface area contributed by atoms with Gasteiger partial charge in [-0.15, -0.1) is 0 Å². The predicted octanol–water partition coefficient (Wildman–Crippen LogP) is -23.9. The van der Waals surface area contributed by atoms with Gasteiger partial charge >= 0.3 is 75.4 Å². The van der Waals surface area contributed by atoms with E-state index in [1.807, 2.05) is 0 Å². The molecule has 0 saturated carbocycles. The molecule has 0 aromatic carbocycles. The Kier molecular flexibility index (Phi) is 42.7. The standard InChI is InChI=1S/3ClHO4.4Li.4H/c3*2-1(3,4)5;;;;;;;;/h3*(H,2,3,4,5);;;;;;;;/q;;;4*+1;4*-1. The van der Waals surface area contributed by atoms with Crippen LogP contribution in [-0.2, 0) is 0 Å². The summed E-state index contributed by atoms with van der Waals surface area (Å²) >= 11 is 0. The number of rotatable bonds is 0. The van der Waals surface area contributed by atoms with Gasteiger partial charge in [0.1, 0.15) is 0 Å². The molecule has 0 aliphatic rings. The van der Waals surface area contributed by atoms with Crippen LogP contribution in [0.25, 0.3) is 0 Å². The van der Waals surface area contributed by atoms with Crippen molar-refractivity contribution < 1.29 is 168 Å². The zero-order chi connectivity index (χ0) is 13.5. The first-order valence-electron chi connectivity index (χ1n) is 1.90. The molecule has 0 aliphatic carbocycles. The average Bonchev–Trinajstić information content (AvgIpc) is 1.41. The predicted molar refractivity (Wildman–Crippen MR) is 11.1 cm³/mol. The van der Waals surface area contributed by atoms with Crippen molar-refractivity contribution in [3.05, 3.63) is 0 Å². The molecule has 0 unspecified atom stereocenters. The third-order valence-corrected chi connectivity index (χ3v) is 0. The molecule has 0 rings (SSSR count). The van der Waals surface area contributed by atoms with Gasteiger partial charge in [-0.25, -0.2) is 0 Å². The van der Waals surface area contributed by atoms with Crippen LogP contribution in [0.15, 0.2) is 0 Å².